The highest BCUT2D eigenvalue weighted by atomic mass is 19.3. The number of phenols is 1. The summed E-state index contributed by atoms with van der Waals surface area (Å²) >= 11 is 0. The fraction of sp³-hybridized carbons (Fsp3) is 0.512. The minimum absolute atomic E-state index is 0.0277. The van der Waals surface area contributed by atoms with Crippen LogP contribution in [-0.4, -0.2) is 75.3 Å². The van der Waals surface area contributed by atoms with Crippen LogP contribution in [0.3, 0.4) is 0 Å². The number of carbonyl (C=O) groups is 2. The number of halogens is 2. The van der Waals surface area contributed by atoms with E-state index in [1.807, 2.05) is 39.0 Å². The lowest BCUT2D eigenvalue weighted by Gasteiger charge is -2.33. The molecule has 7 rings (SSSR count). The molecule has 2 aromatic carbocycles. The standard InChI is InChI=1S/C43H52F2N6O6/c1-6-49-36-15-14-27-22-33(36)34(39(49)32-12-8-16-46-38(32)25(2)56-5)23-43(3,4)24-57-51(55)37-13-9-17-50(48-37)42(54)35(20-26-18-28(27)21-29(52)19-26)47-41(53)31-11-7-10-30(31)40(44)45/h8,12,14-16,18-19,21-22,25,30-31,35,37,40,48H,6-7,9-11,13,17,20,23-24H2,1-5H3,(H-,47,52,53)/p+1/t25-,30?,31?,35-,37+/m0/s1. The van der Waals surface area contributed by atoms with Crippen LogP contribution in [-0.2, 0) is 38.5 Å². The zero-order chi connectivity index (χ0) is 40.6. The van der Waals surface area contributed by atoms with E-state index < -0.39 is 47.7 Å². The first kappa shape index (κ1) is 40.3. The molecule has 2 fully saturated rings. The highest BCUT2D eigenvalue weighted by Gasteiger charge is 2.42. The Hall–Kier alpha value is -4.95. The molecular weight excluding hydrogens is 735 g/mol. The molecule has 1 saturated carbocycles. The molecule has 0 radical (unpaired) electrons. The smallest absolute Gasteiger partial charge is 0.326 e. The second-order valence-electron chi connectivity index (χ2n) is 16.5. The van der Waals surface area contributed by atoms with Gasteiger partial charge in [0.15, 0.2) is 6.61 Å². The Morgan fingerprint density at radius 1 is 1.14 bits per heavy atom. The maximum Gasteiger partial charge on any atom is 0.326 e. The van der Waals surface area contributed by atoms with E-state index in [9.17, 15) is 28.4 Å². The molecule has 6 bridgehead atoms. The van der Waals surface area contributed by atoms with Gasteiger partial charge in [0, 0.05) is 73.0 Å². The van der Waals surface area contributed by atoms with Gasteiger partial charge in [0.2, 0.25) is 17.3 Å². The number of alkyl halides is 2. The number of phenolic OH excluding ortho intramolecular Hbond substituents is 1. The van der Waals surface area contributed by atoms with E-state index in [1.165, 1.54) is 5.01 Å². The maximum absolute atomic E-state index is 14.3. The summed E-state index contributed by atoms with van der Waals surface area (Å²) in [7, 11) is 1.66. The third-order valence-corrected chi connectivity index (χ3v) is 11.8. The summed E-state index contributed by atoms with van der Waals surface area (Å²) in [6.07, 6.45) is 0.353. The topological polar surface area (TPSA) is 138 Å². The Morgan fingerprint density at radius 3 is 2.70 bits per heavy atom. The summed E-state index contributed by atoms with van der Waals surface area (Å²) in [4.78, 5) is 52.8. The van der Waals surface area contributed by atoms with Crippen molar-refractivity contribution in [3.05, 3.63) is 76.5 Å². The fourth-order valence-electron chi connectivity index (χ4n) is 8.89. The molecule has 1 aliphatic carbocycles. The maximum atomic E-state index is 14.3. The Balaban J connectivity index is 1.37. The number of nitrogens with zero attached hydrogens (tertiary/aromatic N) is 4. The molecule has 4 heterocycles. The van der Waals surface area contributed by atoms with E-state index in [0.717, 1.165) is 39.0 Å². The molecule has 304 valence electrons. The van der Waals surface area contributed by atoms with Crippen LogP contribution in [0.1, 0.15) is 82.7 Å². The van der Waals surface area contributed by atoms with Gasteiger partial charge in [0.25, 0.3) is 5.91 Å². The van der Waals surface area contributed by atoms with E-state index in [0.29, 0.717) is 54.7 Å². The number of hydrogen-bond acceptors (Lipinski definition) is 8. The molecule has 57 heavy (non-hydrogen) atoms. The summed E-state index contributed by atoms with van der Waals surface area (Å²) in [5.74, 6) is -3.16. The molecule has 12 nitrogen and oxygen atoms in total. The molecule has 5 atom stereocenters. The number of nitrogens with one attached hydrogen (secondary N) is 2. The quantitative estimate of drug-likeness (QED) is 0.178. The van der Waals surface area contributed by atoms with E-state index in [2.05, 4.69) is 40.4 Å². The minimum atomic E-state index is -2.65. The summed E-state index contributed by atoms with van der Waals surface area (Å²) in [6.45, 7) is 9.14. The highest BCUT2D eigenvalue weighted by Crippen LogP contribution is 2.42. The number of carbonyl (C=O) groups excluding carboxylic acids is 2. The molecule has 2 amide bonds. The Bertz CT molecular complexity index is 2160. The second kappa shape index (κ2) is 16.5. The number of ether oxygens (including phenoxy) is 1. The first-order valence-corrected chi connectivity index (χ1v) is 20.0. The molecule has 14 heteroatoms. The molecular formula is C43H53F2N6O6+. The Kier molecular flexibility index (Phi) is 11.6. The van der Waals surface area contributed by atoms with Crippen molar-refractivity contribution in [3.63, 3.8) is 0 Å². The minimum Gasteiger partial charge on any atom is -0.508 e. The third kappa shape index (κ3) is 8.25. The third-order valence-electron chi connectivity index (χ3n) is 11.8. The number of benzene rings is 2. The Labute approximate surface area is 331 Å². The van der Waals surface area contributed by atoms with Gasteiger partial charge in [-0.15, -0.1) is 0 Å². The van der Waals surface area contributed by atoms with Crippen molar-refractivity contribution in [2.24, 2.45) is 17.3 Å². The summed E-state index contributed by atoms with van der Waals surface area (Å²) < 4.78 is 35.9. The Morgan fingerprint density at radius 2 is 1.95 bits per heavy atom. The zero-order valence-electron chi connectivity index (χ0n) is 33.3. The zero-order valence-corrected chi connectivity index (χ0v) is 33.3. The van der Waals surface area contributed by atoms with E-state index in [-0.39, 0.29) is 37.8 Å². The number of rotatable bonds is 7. The van der Waals surface area contributed by atoms with Gasteiger partial charge < -0.3 is 19.7 Å². The SMILES string of the molecule is CCn1c(-c2cccnc2[C@H](C)OC)c2c3cc(ccc31)-c1cc(O)cc(c1)C[C@H](NC(=O)C1CCCC1C(F)F)C(=O)N1CCC[C@H](N1)[N+](=O)OCC(C)(C)C2. The van der Waals surface area contributed by atoms with Crippen LogP contribution in [0.25, 0.3) is 33.3 Å². The fourth-order valence-corrected chi connectivity index (χ4v) is 8.89. The molecule has 3 aliphatic rings. The van der Waals surface area contributed by atoms with Crippen molar-refractivity contribution in [3.8, 4) is 28.1 Å². The summed E-state index contributed by atoms with van der Waals surface area (Å²) in [6, 6.07) is 14.1. The van der Waals surface area contributed by atoms with Gasteiger partial charge >= 0.3 is 6.17 Å². The normalized spacial score (nSPS) is 23.3. The van der Waals surface area contributed by atoms with Crippen molar-refractivity contribution in [1.82, 2.24) is 25.3 Å². The number of aromatic hydroxyl groups is 1. The molecule has 1 saturated heterocycles. The second-order valence-corrected chi connectivity index (χ2v) is 16.5. The van der Waals surface area contributed by atoms with Crippen LogP contribution < -0.4 is 10.7 Å². The first-order chi connectivity index (χ1) is 27.3. The molecule has 2 aliphatic heterocycles. The molecule has 2 unspecified atom stereocenters. The van der Waals surface area contributed by atoms with Crippen molar-refractivity contribution in [2.45, 2.75) is 104 Å². The molecule has 2 aromatic heterocycles. The predicted octanol–water partition coefficient (Wildman–Crippen LogP) is 7.26. The van der Waals surface area contributed by atoms with Gasteiger partial charge in [-0.25, -0.2) is 13.6 Å². The lowest BCUT2D eigenvalue weighted by atomic mass is 9.84. The summed E-state index contributed by atoms with van der Waals surface area (Å²) in [5.41, 5.74) is 9.30. The number of hydrogen-bond donors (Lipinski definition) is 3. The van der Waals surface area contributed by atoms with Crippen molar-refractivity contribution < 1.29 is 38.0 Å². The van der Waals surface area contributed by atoms with Crippen LogP contribution in [0.15, 0.2) is 54.7 Å². The van der Waals surface area contributed by atoms with E-state index in [1.54, 1.807) is 25.4 Å². The van der Waals surface area contributed by atoms with Crippen LogP contribution >= 0.6 is 0 Å². The van der Waals surface area contributed by atoms with Gasteiger partial charge in [-0.3, -0.25) is 19.6 Å². The van der Waals surface area contributed by atoms with E-state index >= 15 is 0 Å². The number of aryl methyl sites for hydroxylation is 1. The van der Waals surface area contributed by atoms with Gasteiger partial charge in [-0.1, -0.05) is 32.4 Å². The number of methoxy groups -OCH3 is 1. The van der Waals surface area contributed by atoms with Crippen molar-refractivity contribution in [1.29, 1.82) is 0 Å². The number of fused-ring (bicyclic) bond motifs is 6. The van der Waals surface area contributed by atoms with E-state index in [4.69, 9.17) is 14.6 Å². The predicted molar refractivity (Wildman–Crippen MR) is 211 cm³/mol. The van der Waals surface area contributed by atoms with Crippen molar-refractivity contribution >= 4 is 22.7 Å². The average Bonchev–Trinajstić information content (AvgIpc) is 3.82. The lowest BCUT2D eigenvalue weighted by Crippen LogP contribution is -2.61. The average molecular weight is 788 g/mol. The number of hydrazine groups is 1. The van der Waals surface area contributed by atoms with Gasteiger partial charge in [0.1, 0.15) is 11.8 Å². The van der Waals surface area contributed by atoms with Crippen molar-refractivity contribution in [2.75, 3.05) is 20.3 Å². The molecule has 3 N–H and O–H groups in total. The molecule has 4 aromatic rings. The van der Waals surface area contributed by atoms with Crippen LogP contribution in [0.4, 0.5) is 8.78 Å². The highest BCUT2D eigenvalue weighted by molar-refractivity contribution is 5.95. The van der Waals surface area contributed by atoms with Crippen LogP contribution in [0, 0.1) is 22.2 Å². The number of aromatic nitrogens is 2. The van der Waals surface area contributed by atoms with Gasteiger partial charge in [0.05, 0.1) is 22.4 Å². The van der Waals surface area contributed by atoms with Gasteiger partial charge in [-0.2, -0.15) is 5.43 Å². The first-order valence-electron chi connectivity index (χ1n) is 20.0. The van der Waals surface area contributed by atoms with Gasteiger partial charge in [-0.05, 0) is 98.2 Å². The number of pyridine rings is 1. The number of amides is 2. The van der Waals surface area contributed by atoms with Crippen LogP contribution in [0.5, 0.6) is 5.75 Å². The monoisotopic (exact) mass is 787 g/mol. The summed E-state index contributed by atoms with van der Waals surface area (Å²) in [5, 5.41) is 16.2. The molecule has 0 spiro atoms. The lowest BCUT2D eigenvalue weighted by molar-refractivity contribution is -0.835. The largest absolute Gasteiger partial charge is 0.508 e. The van der Waals surface area contributed by atoms with Crippen LogP contribution in [0.2, 0.25) is 0 Å².